The smallest absolute Gasteiger partial charge is 0.120 e. The summed E-state index contributed by atoms with van der Waals surface area (Å²) in [5, 5.41) is 12.2. The largest absolute Gasteiger partial charge is 0.508 e. The Balaban J connectivity index is 2.06. The fraction of sp³-hybridized carbons (Fsp3) is 0.600. The standard InChI is InChI=1S/C15H24N2O/c1-11-7-6-8-12(2)17(11)16-13(3)14-9-4-5-10-15(14)18/h4-5,9-13,16,18H,6-8H2,1-3H3. The summed E-state index contributed by atoms with van der Waals surface area (Å²) in [6.07, 6.45) is 3.79. The summed E-state index contributed by atoms with van der Waals surface area (Å²) in [5.41, 5.74) is 4.51. The van der Waals surface area contributed by atoms with Crippen molar-refractivity contribution in [1.29, 1.82) is 0 Å². The third-order valence-electron chi connectivity index (χ3n) is 3.94. The molecule has 0 aromatic heterocycles. The first kappa shape index (κ1) is 13.4. The van der Waals surface area contributed by atoms with Gasteiger partial charge in [0.15, 0.2) is 0 Å². The molecule has 1 aromatic rings. The van der Waals surface area contributed by atoms with Crippen molar-refractivity contribution in [1.82, 2.24) is 10.4 Å². The van der Waals surface area contributed by atoms with E-state index >= 15 is 0 Å². The summed E-state index contributed by atoms with van der Waals surface area (Å²) in [4.78, 5) is 0. The Hall–Kier alpha value is -1.06. The van der Waals surface area contributed by atoms with Gasteiger partial charge in [-0.15, -0.1) is 0 Å². The molecule has 1 aliphatic rings. The van der Waals surface area contributed by atoms with E-state index in [4.69, 9.17) is 0 Å². The van der Waals surface area contributed by atoms with Crippen LogP contribution >= 0.6 is 0 Å². The minimum atomic E-state index is 0.134. The van der Waals surface area contributed by atoms with Crippen molar-refractivity contribution in [3.05, 3.63) is 29.8 Å². The molecular weight excluding hydrogens is 224 g/mol. The SMILES string of the molecule is CC(NN1C(C)CCCC1C)c1ccccc1O. The Morgan fingerprint density at radius 3 is 2.44 bits per heavy atom. The molecule has 100 valence electrons. The van der Waals surface area contributed by atoms with E-state index in [9.17, 15) is 5.11 Å². The van der Waals surface area contributed by atoms with E-state index in [-0.39, 0.29) is 6.04 Å². The molecule has 0 aliphatic carbocycles. The van der Waals surface area contributed by atoms with E-state index < -0.39 is 0 Å². The summed E-state index contributed by atoms with van der Waals surface area (Å²) in [6, 6.07) is 8.80. The van der Waals surface area contributed by atoms with Gasteiger partial charge < -0.3 is 5.11 Å². The molecule has 2 N–H and O–H groups in total. The average Bonchev–Trinajstić information content (AvgIpc) is 2.34. The van der Waals surface area contributed by atoms with Gasteiger partial charge in [0.2, 0.25) is 0 Å². The predicted molar refractivity (Wildman–Crippen MR) is 74.3 cm³/mol. The quantitative estimate of drug-likeness (QED) is 0.862. The first-order valence-corrected chi connectivity index (χ1v) is 6.92. The number of para-hydroxylation sites is 1. The number of nitrogens with zero attached hydrogens (tertiary/aromatic N) is 1. The number of phenols is 1. The second-order valence-corrected chi connectivity index (χ2v) is 5.45. The van der Waals surface area contributed by atoms with Gasteiger partial charge in [-0.1, -0.05) is 24.6 Å². The van der Waals surface area contributed by atoms with Gasteiger partial charge in [-0.05, 0) is 39.7 Å². The van der Waals surface area contributed by atoms with Gasteiger partial charge >= 0.3 is 0 Å². The van der Waals surface area contributed by atoms with Crippen LogP contribution in [0, 0.1) is 0 Å². The van der Waals surface area contributed by atoms with Gasteiger partial charge in [-0.3, -0.25) is 0 Å². The fourth-order valence-corrected chi connectivity index (χ4v) is 2.82. The number of phenolic OH excluding ortho intramolecular Hbond substituents is 1. The third kappa shape index (κ3) is 2.85. The zero-order valence-electron chi connectivity index (χ0n) is 11.6. The first-order valence-electron chi connectivity index (χ1n) is 6.92. The highest BCUT2D eigenvalue weighted by atomic mass is 16.3. The van der Waals surface area contributed by atoms with Gasteiger partial charge in [0, 0.05) is 23.7 Å². The highest BCUT2D eigenvalue weighted by molar-refractivity contribution is 5.33. The highest BCUT2D eigenvalue weighted by Crippen LogP contribution is 2.26. The van der Waals surface area contributed by atoms with Gasteiger partial charge in [-0.2, -0.15) is 0 Å². The zero-order valence-corrected chi connectivity index (χ0v) is 11.6. The third-order valence-corrected chi connectivity index (χ3v) is 3.94. The normalized spacial score (nSPS) is 27.1. The molecular formula is C15H24N2O. The molecule has 3 nitrogen and oxygen atoms in total. The second kappa shape index (κ2) is 5.72. The monoisotopic (exact) mass is 248 g/mol. The Kier molecular flexibility index (Phi) is 4.25. The maximum absolute atomic E-state index is 9.88. The lowest BCUT2D eigenvalue weighted by molar-refractivity contribution is 0.0317. The van der Waals surface area contributed by atoms with Crippen molar-refractivity contribution in [2.75, 3.05) is 0 Å². The number of hydrogen-bond acceptors (Lipinski definition) is 3. The summed E-state index contributed by atoms with van der Waals surface area (Å²) < 4.78 is 0. The topological polar surface area (TPSA) is 35.5 Å². The van der Waals surface area contributed by atoms with Crippen LogP contribution in [0.25, 0.3) is 0 Å². The lowest BCUT2D eigenvalue weighted by Crippen LogP contribution is -2.52. The van der Waals surface area contributed by atoms with E-state index in [2.05, 4.69) is 31.2 Å². The van der Waals surface area contributed by atoms with E-state index in [1.165, 1.54) is 19.3 Å². The lowest BCUT2D eigenvalue weighted by atomic mass is 9.99. The van der Waals surface area contributed by atoms with E-state index in [0.29, 0.717) is 17.8 Å². The van der Waals surface area contributed by atoms with Gasteiger partial charge in [-0.25, -0.2) is 10.4 Å². The number of benzene rings is 1. The van der Waals surface area contributed by atoms with Crippen LogP contribution in [-0.4, -0.2) is 22.2 Å². The van der Waals surface area contributed by atoms with Crippen LogP contribution in [0.5, 0.6) is 5.75 Å². The Morgan fingerprint density at radius 2 is 1.83 bits per heavy atom. The van der Waals surface area contributed by atoms with Crippen LogP contribution in [0.3, 0.4) is 0 Å². The van der Waals surface area contributed by atoms with E-state index in [1.54, 1.807) is 6.07 Å². The Morgan fingerprint density at radius 1 is 1.22 bits per heavy atom. The molecule has 1 saturated heterocycles. The summed E-state index contributed by atoms with van der Waals surface area (Å²) >= 11 is 0. The Labute approximate surface area is 110 Å². The van der Waals surface area contributed by atoms with Crippen molar-refractivity contribution in [3.63, 3.8) is 0 Å². The summed E-state index contributed by atoms with van der Waals surface area (Å²) in [7, 11) is 0. The van der Waals surface area contributed by atoms with Crippen molar-refractivity contribution in [2.45, 2.75) is 58.2 Å². The maximum Gasteiger partial charge on any atom is 0.120 e. The predicted octanol–water partition coefficient (Wildman–Crippen LogP) is 3.22. The van der Waals surface area contributed by atoms with Gasteiger partial charge in [0.1, 0.15) is 5.75 Å². The second-order valence-electron chi connectivity index (χ2n) is 5.45. The van der Waals surface area contributed by atoms with Crippen LogP contribution in [0.15, 0.2) is 24.3 Å². The molecule has 18 heavy (non-hydrogen) atoms. The maximum atomic E-state index is 9.88. The summed E-state index contributed by atoms with van der Waals surface area (Å²) in [6.45, 7) is 6.63. The summed E-state index contributed by atoms with van der Waals surface area (Å²) in [5.74, 6) is 0.370. The number of aromatic hydroxyl groups is 1. The van der Waals surface area contributed by atoms with E-state index in [0.717, 1.165) is 5.56 Å². The van der Waals surface area contributed by atoms with Crippen molar-refractivity contribution in [3.8, 4) is 5.75 Å². The first-order chi connectivity index (χ1) is 8.59. The zero-order chi connectivity index (χ0) is 13.1. The van der Waals surface area contributed by atoms with Crippen molar-refractivity contribution in [2.24, 2.45) is 0 Å². The van der Waals surface area contributed by atoms with Crippen LogP contribution in [0.2, 0.25) is 0 Å². The van der Waals surface area contributed by atoms with Crippen LogP contribution < -0.4 is 5.43 Å². The fourth-order valence-electron chi connectivity index (χ4n) is 2.82. The molecule has 0 bridgehead atoms. The molecule has 3 atom stereocenters. The molecule has 0 spiro atoms. The number of hydrazine groups is 1. The van der Waals surface area contributed by atoms with Crippen molar-refractivity contribution >= 4 is 0 Å². The highest BCUT2D eigenvalue weighted by Gasteiger charge is 2.26. The molecule has 1 fully saturated rings. The average molecular weight is 248 g/mol. The number of nitrogens with one attached hydrogen (secondary N) is 1. The molecule has 3 unspecified atom stereocenters. The van der Waals surface area contributed by atoms with Crippen LogP contribution in [-0.2, 0) is 0 Å². The van der Waals surface area contributed by atoms with Gasteiger partial charge in [0.25, 0.3) is 0 Å². The molecule has 0 saturated carbocycles. The minimum Gasteiger partial charge on any atom is -0.508 e. The van der Waals surface area contributed by atoms with Crippen LogP contribution in [0.1, 0.15) is 51.6 Å². The molecule has 1 heterocycles. The molecule has 2 rings (SSSR count). The van der Waals surface area contributed by atoms with E-state index in [1.807, 2.05) is 18.2 Å². The molecule has 3 heteroatoms. The number of rotatable bonds is 3. The number of hydrogen-bond donors (Lipinski definition) is 2. The van der Waals surface area contributed by atoms with Gasteiger partial charge in [0.05, 0.1) is 0 Å². The molecule has 0 radical (unpaired) electrons. The lowest BCUT2D eigenvalue weighted by Gasteiger charge is -2.41. The Bertz CT molecular complexity index is 384. The van der Waals surface area contributed by atoms with Crippen LogP contribution in [0.4, 0.5) is 0 Å². The molecule has 1 aromatic carbocycles. The molecule has 1 aliphatic heterocycles. The number of piperidine rings is 1. The molecule has 0 amide bonds. The minimum absolute atomic E-state index is 0.134. The van der Waals surface area contributed by atoms with Crippen molar-refractivity contribution < 1.29 is 5.11 Å².